The van der Waals surface area contributed by atoms with Gasteiger partial charge in [-0.1, -0.05) is 37.3 Å². The number of ketones is 1. The van der Waals surface area contributed by atoms with Crippen molar-refractivity contribution in [1.29, 1.82) is 0 Å². The third kappa shape index (κ3) is 6.58. The maximum absolute atomic E-state index is 12.3. The molecule has 27 heavy (non-hydrogen) atoms. The Bertz CT molecular complexity index is 771. The molecule has 0 radical (unpaired) electrons. The van der Waals surface area contributed by atoms with E-state index in [9.17, 15) is 14.4 Å². The van der Waals surface area contributed by atoms with E-state index in [0.29, 0.717) is 16.9 Å². The van der Waals surface area contributed by atoms with Crippen LogP contribution in [0.1, 0.15) is 36.2 Å². The quantitative estimate of drug-likeness (QED) is 0.543. The van der Waals surface area contributed by atoms with Gasteiger partial charge in [-0.3, -0.25) is 9.59 Å². The molecule has 0 aromatic heterocycles. The number of hydrogen-bond donors (Lipinski definition) is 1. The lowest BCUT2D eigenvalue weighted by molar-refractivity contribution is -0.150. The lowest BCUT2D eigenvalue weighted by Crippen LogP contribution is -2.35. The Morgan fingerprint density at radius 2 is 1.56 bits per heavy atom. The molecule has 0 bridgehead atoms. The van der Waals surface area contributed by atoms with Crippen molar-refractivity contribution in [2.45, 2.75) is 26.3 Å². The van der Waals surface area contributed by atoms with Gasteiger partial charge in [-0.2, -0.15) is 0 Å². The van der Waals surface area contributed by atoms with E-state index in [4.69, 9.17) is 9.47 Å². The van der Waals surface area contributed by atoms with Gasteiger partial charge in [0.25, 0.3) is 5.91 Å². The van der Waals surface area contributed by atoms with Crippen LogP contribution in [0.3, 0.4) is 0 Å². The molecule has 0 spiro atoms. The molecule has 2 rings (SSSR count). The molecule has 1 atom stereocenters. The minimum Gasteiger partial charge on any atom is -0.482 e. The van der Waals surface area contributed by atoms with Crippen LogP contribution >= 0.6 is 0 Å². The highest BCUT2D eigenvalue weighted by molar-refractivity contribution is 6.08. The van der Waals surface area contributed by atoms with Gasteiger partial charge in [0.1, 0.15) is 5.75 Å². The van der Waals surface area contributed by atoms with Gasteiger partial charge in [0.15, 0.2) is 19.0 Å². The molecule has 0 unspecified atom stereocenters. The molecule has 6 heteroatoms. The van der Waals surface area contributed by atoms with Crippen LogP contribution in [0.15, 0.2) is 54.6 Å². The summed E-state index contributed by atoms with van der Waals surface area (Å²) in [7, 11) is 0. The van der Waals surface area contributed by atoms with Crippen molar-refractivity contribution >= 4 is 17.7 Å². The van der Waals surface area contributed by atoms with Crippen LogP contribution in [-0.2, 0) is 14.3 Å². The van der Waals surface area contributed by atoms with E-state index >= 15 is 0 Å². The number of benzene rings is 2. The van der Waals surface area contributed by atoms with Crippen molar-refractivity contribution in [3.63, 3.8) is 0 Å². The topological polar surface area (TPSA) is 81.7 Å². The summed E-state index contributed by atoms with van der Waals surface area (Å²) < 4.78 is 10.2. The van der Waals surface area contributed by atoms with E-state index in [-0.39, 0.29) is 30.9 Å². The highest BCUT2D eigenvalue weighted by atomic mass is 16.6. The molecule has 0 aliphatic rings. The van der Waals surface area contributed by atoms with Crippen molar-refractivity contribution in [3.8, 4) is 5.75 Å². The van der Waals surface area contributed by atoms with E-state index in [1.807, 2.05) is 19.9 Å². The van der Waals surface area contributed by atoms with E-state index in [2.05, 4.69) is 5.32 Å². The lowest BCUT2D eigenvalue weighted by Gasteiger charge is -2.11. The first-order valence-electron chi connectivity index (χ1n) is 8.77. The van der Waals surface area contributed by atoms with Crippen molar-refractivity contribution in [2.24, 2.45) is 0 Å². The molecular weight excluding hydrogens is 346 g/mol. The second kappa shape index (κ2) is 10.1. The van der Waals surface area contributed by atoms with Gasteiger partial charge < -0.3 is 14.8 Å². The summed E-state index contributed by atoms with van der Waals surface area (Å²) in [5.74, 6) is -0.644. The van der Waals surface area contributed by atoms with Crippen molar-refractivity contribution in [2.75, 3.05) is 13.2 Å². The summed E-state index contributed by atoms with van der Waals surface area (Å²) in [4.78, 5) is 35.5. The molecule has 2 aromatic rings. The Morgan fingerprint density at radius 1 is 0.926 bits per heavy atom. The summed E-state index contributed by atoms with van der Waals surface area (Å²) in [5.41, 5.74) is 1.13. The standard InChI is InChI=1S/C21H23NO5/c1-3-15(2)22-19(23)13-27-20(24)14-26-18-11-9-17(10-12-18)21(25)16-7-5-4-6-8-16/h4-12,15H,3,13-14H2,1-2H3,(H,22,23)/t15-/m1/s1. The predicted molar refractivity (Wildman–Crippen MR) is 101 cm³/mol. The number of ether oxygens (including phenoxy) is 2. The number of carbonyl (C=O) groups is 3. The Labute approximate surface area is 158 Å². The number of hydrogen-bond acceptors (Lipinski definition) is 5. The Hall–Kier alpha value is -3.15. The van der Waals surface area contributed by atoms with Gasteiger partial charge in [-0.15, -0.1) is 0 Å². The fourth-order valence-corrected chi connectivity index (χ4v) is 2.21. The molecule has 1 N–H and O–H groups in total. The average molecular weight is 369 g/mol. The molecule has 0 saturated heterocycles. The van der Waals surface area contributed by atoms with E-state index in [1.165, 1.54) is 0 Å². The monoisotopic (exact) mass is 369 g/mol. The highest BCUT2D eigenvalue weighted by Crippen LogP contribution is 2.15. The smallest absolute Gasteiger partial charge is 0.344 e. The minimum atomic E-state index is -0.640. The Kier molecular flexibility index (Phi) is 7.55. The first-order valence-corrected chi connectivity index (χ1v) is 8.77. The fourth-order valence-electron chi connectivity index (χ4n) is 2.21. The zero-order valence-electron chi connectivity index (χ0n) is 15.4. The Morgan fingerprint density at radius 3 is 2.19 bits per heavy atom. The molecule has 0 aliphatic carbocycles. The second-order valence-corrected chi connectivity index (χ2v) is 6.05. The maximum Gasteiger partial charge on any atom is 0.344 e. The third-order valence-electron chi connectivity index (χ3n) is 3.89. The lowest BCUT2D eigenvalue weighted by atomic mass is 10.0. The van der Waals surface area contributed by atoms with Gasteiger partial charge in [-0.25, -0.2) is 4.79 Å². The zero-order valence-corrected chi connectivity index (χ0v) is 15.4. The minimum absolute atomic E-state index is 0.0320. The number of rotatable bonds is 9. The summed E-state index contributed by atoms with van der Waals surface area (Å²) in [6.45, 7) is 3.16. The normalized spacial score (nSPS) is 11.3. The summed E-state index contributed by atoms with van der Waals surface area (Å²) >= 11 is 0. The first-order chi connectivity index (χ1) is 13.0. The van der Waals surface area contributed by atoms with Gasteiger partial charge in [-0.05, 0) is 37.6 Å². The van der Waals surface area contributed by atoms with Crippen LogP contribution in [0.4, 0.5) is 0 Å². The summed E-state index contributed by atoms with van der Waals surface area (Å²) in [5, 5.41) is 2.70. The molecule has 0 saturated carbocycles. The van der Waals surface area contributed by atoms with Crippen LogP contribution < -0.4 is 10.1 Å². The zero-order chi connectivity index (χ0) is 19.6. The SMILES string of the molecule is CC[C@@H](C)NC(=O)COC(=O)COc1ccc(C(=O)c2ccccc2)cc1. The van der Waals surface area contributed by atoms with E-state index in [1.54, 1.807) is 48.5 Å². The van der Waals surface area contributed by atoms with Gasteiger partial charge >= 0.3 is 5.97 Å². The maximum atomic E-state index is 12.3. The Balaban J connectivity index is 1.79. The largest absolute Gasteiger partial charge is 0.482 e. The third-order valence-corrected chi connectivity index (χ3v) is 3.89. The molecule has 1 amide bonds. The van der Waals surface area contributed by atoms with Crippen molar-refractivity contribution < 1.29 is 23.9 Å². The number of esters is 1. The molecule has 0 fully saturated rings. The molecule has 6 nitrogen and oxygen atoms in total. The molecule has 0 aliphatic heterocycles. The van der Waals surface area contributed by atoms with Crippen LogP contribution in [0, 0.1) is 0 Å². The summed E-state index contributed by atoms with van der Waals surface area (Å²) in [6, 6.07) is 15.5. The van der Waals surface area contributed by atoms with Gasteiger partial charge in [0.05, 0.1) is 0 Å². The molecule has 2 aromatic carbocycles. The highest BCUT2D eigenvalue weighted by Gasteiger charge is 2.11. The van der Waals surface area contributed by atoms with Crippen LogP contribution in [0.2, 0.25) is 0 Å². The predicted octanol–water partition coefficient (Wildman–Crippen LogP) is 2.75. The first kappa shape index (κ1) is 20.2. The summed E-state index contributed by atoms with van der Waals surface area (Å²) in [6.07, 6.45) is 0.797. The average Bonchev–Trinajstić information content (AvgIpc) is 2.71. The van der Waals surface area contributed by atoms with Crippen LogP contribution in [-0.4, -0.2) is 36.9 Å². The number of carbonyl (C=O) groups excluding carboxylic acids is 3. The number of amides is 1. The van der Waals surface area contributed by atoms with Crippen molar-refractivity contribution in [1.82, 2.24) is 5.32 Å². The van der Waals surface area contributed by atoms with Crippen LogP contribution in [0.5, 0.6) is 5.75 Å². The van der Waals surface area contributed by atoms with E-state index in [0.717, 1.165) is 6.42 Å². The second-order valence-electron chi connectivity index (χ2n) is 6.05. The van der Waals surface area contributed by atoms with Crippen molar-refractivity contribution in [3.05, 3.63) is 65.7 Å². The van der Waals surface area contributed by atoms with Crippen LogP contribution in [0.25, 0.3) is 0 Å². The molecule has 142 valence electrons. The molecular formula is C21H23NO5. The number of nitrogens with one attached hydrogen (secondary N) is 1. The van der Waals surface area contributed by atoms with Gasteiger partial charge in [0, 0.05) is 17.2 Å². The van der Waals surface area contributed by atoms with Gasteiger partial charge in [0.2, 0.25) is 0 Å². The molecule has 0 heterocycles. The van der Waals surface area contributed by atoms with E-state index < -0.39 is 5.97 Å². The fraction of sp³-hybridized carbons (Fsp3) is 0.286.